The molecule has 4 unspecified atom stereocenters. The summed E-state index contributed by atoms with van der Waals surface area (Å²) in [4.78, 5) is 5.14. The number of allylic oxidation sites excluding steroid dienone is 6. The number of nitrogens with zero attached hydrogens (tertiary/aromatic N) is 2. The van der Waals surface area contributed by atoms with Crippen LogP contribution in [0.15, 0.2) is 77.7 Å². The zero-order valence-corrected chi connectivity index (χ0v) is 18.0. The van der Waals surface area contributed by atoms with Crippen LogP contribution in [0.1, 0.15) is 45.1 Å². The standard InChI is InChI=1S/C27H31N3/c1-18-9-8-13-21-23-15-22-20-12-6-7-14-24(20)30(19-10-4-3-5-11-19)25(22)16-27(23,2)29(17-28)26(18)21/h4,6-8,10-15,18,23,25H,3,5,9,16-17,28H2,1-2H3. The van der Waals surface area contributed by atoms with Crippen molar-refractivity contribution in [2.24, 2.45) is 17.6 Å². The summed E-state index contributed by atoms with van der Waals surface area (Å²) >= 11 is 0. The summed E-state index contributed by atoms with van der Waals surface area (Å²) < 4.78 is 0. The minimum absolute atomic E-state index is 0.0236. The van der Waals surface area contributed by atoms with Gasteiger partial charge in [-0.15, -0.1) is 0 Å². The molecule has 0 saturated carbocycles. The molecule has 0 amide bonds. The fraction of sp³-hybridized carbons (Fsp3) is 0.407. The van der Waals surface area contributed by atoms with E-state index in [0.717, 1.165) is 25.7 Å². The second-order valence-electron chi connectivity index (χ2n) is 9.66. The molecule has 154 valence electrons. The largest absolute Gasteiger partial charge is 0.355 e. The molecular formula is C27H31N3. The Labute approximate surface area is 179 Å². The van der Waals surface area contributed by atoms with E-state index in [9.17, 15) is 0 Å². The Morgan fingerprint density at radius 3 is 2.80 bits per heavy atom. The maximum absolute atomic E-state index is 6.40. The molecule has 0 spiro atoms. The van der Waals surface area contributed by atoms with Gasteiger partial charge in [0.15, 0.2) is 0 Å². The van der Waals surface area contributed by atoms with Crippen molar-refractivity contribution in [1.29, 1.82) is 0 Å². The highest BCUT2D eigenvalue weighted by atomic mass is 15.3. The fourth-order valence-corrected chi connectivity index (χ4v) is 6.64. The van der Waals surface area contributed by atoms with Crippen LogP contribution in [0.3, 0.4) is 0 Å². The number of nitrogens with two attached hydrogens (primary N) is 1. The Morgan fingerprint density at radius 1 is 1.13 bits per heavy atom. The summed E-state index contributed by atoms with van der Waals surface area (Å²) in [5.74, 6) is 0.951. The summed E-state index contributed by atoms with van der Waals surface area (Å²) in [5, 5.41) is 0. The normalized spacial score (nSPS) is 33.8. The highest BCUT2D eigenvalue weighted by molar-refractivity contribution is 5.91. The minimum atomic E-state index is 0.0236. The molecule has 6 rings (SSSR count). The predicted octanol–water partition coefficient (Wildman–Crippen LogP) is 5.35. The molecule has 3 heteroatoms. The monoisotopic (exact) mass is 397 g/mol. The Balaban J connectivity index is 1.52. The number of fused-ring (bicyclic) bond motifs is 5. The number of hydrogen-bond acceptors (Lipinski definition) is 3. The van der Waals surface area contributed by atoms with E-state index in [4.69, 9.17) is 5.73 Å². The number of benzene rings is 1. The minimum Gasteiger partial charge on any atom is -0.355 e. The third-order valence-corrected chi connectivity index (χ3v) is 8.00. The summed E-state index contributed by atoms with van der Waals surface area (Å²) in [6.45, 7) is 5.40. The first kappa shape index (κ1) is 18.3. The third kappa shape index (κ3) is 2.30. The first-order chi connectivity index (χ1) is 14.6. The van der Waals surface area contributed by atoms with E-state index in [-0.39, 0.29) is 5.54 Å². The van der Waals surface area contributed by atoms with Crippen LogP contribution in [0.5, 0.6) is 0 Å². The highest BCUT2D eigenvalue weighted by Crippen LogP contribution is 2.57. The van der Waals surface area contributed by atoms with E-state index >= 15 is 0 Å². The SMILES string of the molecule is CC1CC=CC2=C1N(CN)C1(C)CC3C(=CC21)c1ccccc1N3C1=CCCC=C1. The first-order valence-corrected chi connectivity index (χ1v) is 11.5. The van der Waals surface area contributed by atoms with Gasteiger partial charge in [-0.1, -0.05) is 55.5 Å². The maximum atomic E-state index is 6.40. The molecular weight excluding hydrogens is 366 g/mol. The van der Waals surface area contributed by atoms with E-state index in [1.165, 1.54) is 33.8 Å². The Bertz CT molecular complexity index is 1060. The molecule has 3 nitrogen and oxygen atoms in total. The molecule has 2 aliphatic heterocycles. The van der Waals surface area contributed by atoms with Gasteiger partial charge in [-0.05, 0) is 61.8 Å². The lowest BCUT2D eigenvalue weighted by Gasteiger charge is -2.48. The second-order valence-corrected chi connectivity index (χ2v) is 9.66. The van der Waals surface area contributed by atoms with Gasteiger partial charge in [0, 0.05) is 28.6 Å². The van der Waals surface area contributed by atoms with Gasteiger partial charge in [-0.25, -0.2) is 0 Å². The van der Waals surface area contributed by atoms with Crippen molar-refractivity contribution in [3.63, 3.8) is 0 Å². The van der Waals surface area contributed by atoms with Crippen LogP contribution in [-0.4, -0.2) is 23.1 Å². The molecule has 0 fully saturated rings. The van der Waals surface area contributed by atoms with Gasteiger partial charge in [0.05, 0.1) is 18.2 Å². The smallest absolute Gasteiger partial charge is 0.0660 e. The van der Waals surface area contributed by atoms with Crippen molar-refractivity contribution in [1.82, 2.24) is 4.90 Å². The molecule has 3 aliphatic carbocycles. The number of anilines is 1. The molecule has 4 atom stereocenters. The summed E-state index contributed by atoms with van der Waals surface area (Å²) in [6, 6.07) is 9.34. The maximum Gasteiger partial charge on any atom is 0.0660 e. The predicted molar refractivity (Wildman–Crippen MR) is 124 cm³/mol. The van der Waals surface area contributed by atoms with Crippen molar-refractivity contribution in [2.45, 2.75) is 51.1 Å². The zero-order chi connectivity index (χ0) is 20.5. The lowest BCUT2D eigenvalue weighted by molar-refractivity contribution is 0.118. The van der Waals surface area contributed by atoms with Crippen LogP contribution in [0.2, 0.25) is 0 Å². The van der Waals surface area contributed by atoms with Crippen LogP contribution in [-0.2, 0) is 0 Å². The average molecular weight is 398 g/mol. The van der Waals surface area contributed by atoms with Crippen molar-refractivity contribution in [3.05, 3.63) is 83.3 Å². The molecule has 0 radical (unpaired) electrons. The fourth-order valence-electron chi connectivity index (χ4n) is 6.64. The van der Waals surface area contributed by atoms with Crippen molar-refractivity contribution in [2.75, 3.05) is 11.6 Å². The molecule has 5 aliphatic rings. The summed E-state index contributed by atoms with van der Waals surface area (Å²) in [6.07, 6.45) is 18.9. The zero-order valence-electron chi connectivity index (χ0n) is 18.0. The van der Waals surface area contributed by atoms with Gasteiger partial charge in [-0.2, -0.15) is 0 Å². The van der Waals surface area contributed by atoms with Crippen LogP contribution in [0.25, 0.3) is 5.57 Å². The molecule has 1 aromatic rings. The molecule has 0 bridgehead atoms. The van der Waals surface area contributed by atoms with Crippen molar-refractivity contribution < 1.29 is 0 Å². The lowest BCUT2D eigenvalue weighted by Crippen LogP contribution is -2.54. The van der Waals surface area contributed by atoms with Gasteiger partial charge in [0.2, 0.25) is 0 Å². The number of hydrogen-bond donors (Lipinski definition) is 1. The Kier molecular flexibility index (Phi) is 3.95. The Hall–Kier alpha value is -2.52. The van der Waals surface area contributed by atoms with Gasteiger partial charge >= 0.3 is 0 Å². The van der Waals surface area contributed by atoms with Crippen LogP contribution in [0, 0.1) is 11.8 Å². The number of rotatable bonds is 2. The quantitative estimate of drug-likeness (QED) is 0.730. The second kappa shape index (κ2) is 6.49. The van der Waals surface area contributed by atoms with Gasteiger partial charge in [0.25, 0.3) is 0 Å². The lowest BCUT2D eigenvalue weighted by atomic mass is 9.70. The van der Waals surface area contributed by atoms with E-state index < -0.39 is 0 Å². The van der Waals surface area contributed by atoms with Crippen LogP contribution >= 0.6 is 0 Å². The van der Waals surface area contributed by atoms with Crippen molar-refractivity contribution in [3.8, 4) is 0 Å². The van der Waals surface area contributed by atoms with Gasteiger partial charge in [-0.3, -0.25) is 0 Å². The van der Waals surface area contributed by atoms with E-state index in [0.29, 0.717) is 24.5 Å². The van der Waals surface area contributed by atoms with Crippen LogP contribution < -0.4 is 10.6 Å². The summed E-state index contributed by atoms with van der Waals surface area (Å²) in [7, 11) is 0. The average Bonchev–Trinajstić information content (AvgIpc) is 3.21. The molecule has 2 heterocycles. The van der Waals surface area contributed by atoms with E-state index in [1.807, 2.05) is 0 Å². The van der Waals surface area contributed by atoms with E-state index in [1.54, 1.807) is 0 Å². The van der Waals surface area contributed by atoms with E-state index in [2.05, 4.69) is 84.4 Å². The van der Waals surface area contributed by atoms with Crippen molar-refractivity contribution >= 4 is 11.3 Å². The topological polar surface area (TPSA) is 32.5 Å². The molecule has 0 aromatic heterocycles. The first-order valence-electron chi connectivity index (χ1n) is 11.5. The van der Waals surface area contributed by atoms with Gasteiger partial charge in [0.1, 0.15) is 0 Å². The summed E-state index contributed by atoms with van der Waals surface area (Å²) in [5.41, 5.74) is 15.0. The molecule has 1 aromatic carbocycles. The highest BCUT2D eigenvalue weighted by Gasteiger charge is 2.55. The van der Waals surface area contributed by atoms with Gasteiger partial charge < -0.3 is 15.5 Å². The Morgan fingerprint density at radius 2 is 2.00 bits per heavy atom. The molecule has 30 heavy (non-hydrogen) atoms. The molecule has 0 saturated heterocycles. The number of para-hydroxylation sites is 1. The molecule has 2 N–H and O–H groups in total. The van der Waals surface area contributed by atoms with Crippen LogP contribution in [0.4, 0.5) is 5.69 Å². The third-order valence-electron chi connectivity index (χ3n) is 8.00.